The van der Waals surface area contributed by atoms with E-state index in [0.29, 0.717) is 31.3 Å². The van der Waals surface area contributed by atoms with E-state index in [1.807, 2.05) is 12.5 Å². The molecule has 3 rings (SSSR count). The molecule has 1 aliphatic carbocycles. The third-order valence-corrected chi connectivity index (χ3v) is 6.20. The van der Waals surface area contributed by atoms with E-state index in [0.717, 1.165) is 25.5 Å². The fourth-order valence-corrected chi connectivity index (χ4v) is 4.36. The zero-order valence-electron chi connectivity index (χ0n) is 16.5. The van der Waals surface area contributed by atoms with Crippen LogP contribution in [0.15, 0.2) is 23.7 Å². The van der Waals surface area contributed by atoms with Crippen LogP contribution in [-0.2, 0) is 0 Å². The van der Waals surface area contributed by atoms with Gasteiger partial charge in [-0.25, -0.2) is 4.98 Å². The Bertz CT molecular complexity index is 612. The summed E-state index contributed by atoms with van der Waals surface area (Å²) in [6.45, 7) is 4.75. The van der Waals surface area contributed by atoms with Crippen molar-refractivity contribution in [2.45, 2.75) is 51.2 Å². The summed E-state index contributed by atoms with van der Waals surface area (Å²) in [5.74, 6) is 0.581. The molecule has 1 aromatic rings. The van der Waals surface area contributed by atoms with Crippen molar-refractivity contribution in [1.82, 2.24) is 19.8 Å². The maximum absolute atomic E-state index is 12.8. The number of aromatic nitrogens is 2. The number of nitrogens with one attached hydrogen (secondary N) is 1. The molecule has 9 heteroatoms. The van der Waals surface area contributed by atoms with Crippen LogP contribution in [0.5, 0.6) is 0 Å². The van der Waals surface area contributed by atoms with Gasteiger partial charge in [0.1, 0.15) is 0 Å². The van der Waals surface area contributed by atoms with Gasteiger partial charge in [-0.2, -0.15) is 13.2 Å². The number of rotatable bonds is 3. The molecule has 160 valence electrons. The van der Waals surface area contributed by atoms with Crippen LogP contribution in [0, 0.1) is 17.8 Å². The van der Waals surface area contributed by atoms with Crippen LogP contribution >= 0.6 is 24.0 Å². The fourth-order valence-electron chi connectivity index (χ4n) is 4.36. The predicted molar refractivity (Wildman–Crippen MR) is 115 cm³/mol. The third-order valence-electron chi connectivity index (χ3n) is 6.20. The number of nitrogens with zero attached hydrogens (tertiary/aromatic N) is 4. The zero-order chi connectivity index (χ0) is 19.4. The van der Waals surface area contributed by atoms with E-state index in [2.05, 4.69) is 31.7 Å². The first-order valence-corrected chi connectivity index (χ1v) is 9.88. The second-order valence-electron chi connectivity index (χ2n) is 7.98. The molecular formula is C19H31F3IN5. The molecular weight excluding hydrogens is 482 g/mol. The lowest BCUT2D eigenvalue weighted by atomic mass is 9.81. The van der Waals surface area contributed by atoms with Gasteiger partial charge in [-0.05, 0) is 43.9 Å². The van der Waals surface area contributed by atoms with Gasteiger partial charge in [-0.15, -0.1) is 24.0 Å². The Kier molecular flexibility index (Phi) is 8.44. The van der Waals surface area contributed by atoms with Crippen molar-refractivity contribution < 1.29 is 13.2 Å². The highest BCUT2D eigenvalue weighted by Gasteiger charge is 2.41. The Morgan fingerprint density at radius 2 is 1.93 bits per heavy atom. The number of aliphatic imine (C=N–C) groups is 1. The fraction of sp³-hybridized carbons (Fsp3) is 0.789. The molecule has 1 N–H and O–H groups in total. The quantitative estimate of drug-likeness (QED) is 0.372. The summed E-state index contributed by atoms with van der Waals surface area (Å²) in [6, 6.07) is 0.349. The van der Waals surface area contributed by atoms with E-state index in [4.69, 9.17) is 0 Å². The van der Waals surface area contributed by atoms with E-state index < -0.39 is 12.1 Å². The van der Waals surface area contributed by atoms with Gasteiger partial charge >= 0.3 is 6.18 Å². The lowest BCUT2D eigenvalue weighted by Gasteiger charge is -2.39. The largest absolute Gasteiger partial charge is 0.391 e. The molecule has 0 aromatic carbocycles. The maximum Gasteiger partial charge on any atom is 0.391 e. The van der Waals surface area contributed by atoms with Crippen molar-refractivity contribution in [3.8, 4) is 0 Å². The second-order valence-corrected chi connectivity index (χ2v) is 7.98. The van der Waals surface area contributed by atoms with E-state index in [9.17, 15) is 13.2 Å². The molecule has 2 unspecified atom stereocenters. The highest BCUT2D eigenvalue weighted by molar-refractivity contribution is 14.0. The molecule has 0 spiro atoms. The van der Waals surface area contributed by atoms with Crippen molar-refractivity contribution in [1.29, 1.82) is 0 Å². The Morgan fingerprint density at radius 1 is 1.21 bits per heavy atom. The molecule has 1 saturated carbocycles. The lowest BCUT2D eigenvalue weighted by Crippen LogP contribution is -2.50. The number of hydrogen-bond acceptors (Lipinski definition) is 2. The van der Waals surface area contributed by atoms with Crippen molar-refractivity contribution in [2.24, 2.45) is 22.7 Å². The van der Waals surface area contributed by atoms with Crippen molar-refractivity contribution in [3.05, 3.63) is 18.7 Å². The maximum atomic E-state index is 12.8. The summed E-state index contributed by atoms with van der Waals surface area (Å²) in [5, 5.41) is 3.41. The van der Waals surface area contributed by atoms with Crippen LogP contribution in [-0.4, -0.2) is 53.3 Å². The lowest BCUT2D eigenvalue weighted by molar-refractivity contribution is -0.183. The zero-order valence-corrected chi connectivity index (χ0v) is 18.9. The summed E-state index contributed by atoms with van der Waals surface area (Å²) < 4.78 is 40.6. The minimum atomic E-state index is -4.04. The molecule has 1 saturated heterocycles. The molecule has 5 nitrogen and oxygen atoms in total. The molecule has 1 aliphatic heterocycles. The number of likely N-dealkylation sites (tertiary alicyclic amines) is 1. The van der Waals surface area contributed by atoms with E-state index >= 15 is 0 Å². The summed E-state index contributed by atoms with van der Waals surface area (Å²) >= 11 is 0. The normalized spacial score (nSPS) is 29.3. The average Bonchev–Trinajstić information content (AvgIpc) is 3.17. The molecule has 0 amide bonds. The molecule has 2 fully saturated rings. The number of alkyl halides is 3. The van der Waals surface area contributed by atoms with Crippen LogP contribution in [0.25, 0.3) is 0 Å². The van der Waals surface area contributed by atoms with Gasteiger partial charge in [0.2, 0.25) is 0 Å². The summed E-state index contributed by atoms with van der Waals surface area (Å²) in [4.78, 5) is 10.8. The average molecular weight is 513 g/mol. The Balaban J connectivity index is 0.00000280. The molecule has 2 aliphatic rings. The van der Waals surface area contributed by atoms with Crippen LogP contribution in [0.3, 0.4) is 0 Å². The Morgan fingerprint density at radius 3 is 2.50 bits per heavy atom. The van der Waals surface area contributed by atoms with Crippen LogP contribution in [0.2, 0.25) is 0 Å². The first-order chi connectivity index (χ1) is 12.9. The number of piperidine rings is 1. The SMILES string of the molecule is CN=C(NCC1CCC(C(F)(F)F)CC1)N1CCC(C)C(n2ccnc2)C1.I. The third kappa shape index (κ3) is 5.76. The molecule has 0 radical (unpaired) electrons. The second kappa shape index (κ2) is 10.2. The Labute approximate surface area is 182 Å². The van der Waals surface area contributed by atoms with Crippen LogP contribution in [0.4, 0.5) is 13.2 Å². The molecule has 2 heterocycles. The van der Waals surface area contributed by atoms with Crippen molar-refractivity contribution in [3.63, 3.8) is 0 Å². The van der Waals surface area contributed by atoms with Gasteiger partial charge in [0, 0.05) is 39.1 Å². The molecule has 2 atom stereocenters. The van der Waals surface area contributed by atoms with Gasteiger partial charge < -0.3 is 14.8 Å². The van der Waals surface area contributed by atoms with E-state index in [1.54, 1.807) is 13.2 Å². The van der Waals surface area contributed by atoms with Crippen molar-refractivity contribution >= 4 is 29.9 Å². The van der Waals surface area contributed by atoms with Gasteiger partial charge in [-0.1, -0.05) is 6.92 Å². The number of hydrogen-bond donors (Lipinski definition) is 1. The van der Waals surface area contributed by atoms with Crippen LogP contribution < -0.4 is 5.32 Å². The summed E-state index contributed by atoms with van der Waals surface area (Å²) in [7, 11) is 1.77. The molecule has 1 aromatic heterocycles. The molecule has 28 heavy (non-hydrogen) atoms. The standard InChI is InChI=1S/C19H30F3N5.HI/c1-14-7-9-26(12-17(14)27-10-8-24-13-27)18(23-2)25-11-15-3-5-16(6-4-15)19(20,21)22;/h8,10,13-17H,3-7,9,11-12H2,1-2H3,(H,23,25);1H. The minimum absolute atomic E-state index is 0. The minimum Gasteiger partial charge on any atom is -0.356 e. The first kappa shape index (κ1) is 23.3. The number of guanidine groups is 1. The van der Waals surface area contributed by atoms with Gasteiger partial charge in [0.15, 0.2) is 5.96 Å². The van der Waals surface area contributed by atoms with Crippen LogP contribution in [0.1, 0.15) is 45.1 Å². The smallest absolute Gasteiger partial charge is 0.356 e. The Hall–Kier alpha value is -1.00. The first-order valence-electron chi connectivity index (χ1n) is 9.88. The highest BCUT2D eigenvalue weighted by atomic mass is 127. The molecule has 0 bridgehead atoms. The van der Waals surface area contributed by atoms with E-state index in [-0.39, 0.29) is 42.7 Å². The van der Waals surface area contributed by atoms with Gasteiger partial charge in [0.05, 0.1) is 18.3 Å². The summed E-state index contributed by atoms with van der Waals surface area (Å²) in [5.41, 5.74) is 0. The van der Waals surface area contributed by atoms with E-state index in [1.165, 1.54) is 0 Å². The monoisotopic (exact) mass is 513 g/mol. The van der Waals surface area contributed by atoms with Crippen molar-refractivity contribution in [2.75, 3.05) is 26.7 Å². The number of imidazole rings is 1. The van der Waals surface area contributed by atoms with Gasteiger partial charge in [-0.3, -0.25) is 4.99 Å². The summed E-state index contributed by atoms with van der Waals surface area (Å²) in [6.07, 6.45) is 4.44. The highest BCUT2D eigenvalue weighted by Crippen LogP contribution is 2.39. The number of halogens is 4. The topological polar surface area (TPSA) is 45.5 Å². The van der Waals surface area contributed by atoms with Gasteiger partial charge in [0.25, 0.3) is 0 Å². The predicted octanol–water partition coefficient (Wildman–Crippen LogP) is 4.33.